The maximum Gasteiger partial charge on any atom is 0.324 e. The molecule has 1 aromatic carbocycles. The number of carbonyl (C=O) groups excluding carboxylic acids is 1. The summed E-state index contributed by atoms with van der Waals surface area (Å²) < 4.78 is 14.6. The summed E-state index contributed by atoms with van der Waals surface area (Å²) in [5.74, 6) is -0.827. The number of halogens is 1. The van der Waals surface area contributed by atoms with Crippen LogP contribution in [0.5, 0.6) is 5.75 Å². The molecule has 1 atom stereocenters. The summed E-state index contributed by atoms with van der Waals surface area (Å²) in [5.41, 5.74) is 1.65. The first-order valence-corrected chi connectivity index (χ1v) is 13.6. The van der Waals surface area contributed by atoms with Gasteiger partial charge in [-0.2, -0.15) is 0 Å². The SMILES string of the molecule is CC(Nc1cc(N2CCN(C)C2=O)c2nc(-c3ncc(Cc4ccc(F)cc4)s3)c(O)c(=O)n2c1)NC1CC1. The van der Waals surface area contributed by atoms with Gasteiger partial charge in [-0.25, -0.2) is 19.2 Å². The minimum absolute atomic E-state index is 0.0566. The molecule has 3 N–H and O–H groups in total. The second kappa shape index (κ2) is 9.93. The molecule has 0 spiro atoms. The molecule has 10 nitrogen and oxygen atoms in total. The van der Waals surface area contributed by atoms with Crippen molar-refractivity contribution in [1.29, 1.82) is 0 Å². The molecule has 12 heteroatoms. The number of thiazole rings is 1. The van der Waals surface area contributed by atoms with E-state index < -0.39 is 11.3 Å². The average Bonchev–Trinajstić information content (AvgIpc) is 3.50. The van der Waals surface area contributed by atoms with Crippen molar-refractivity contribution in [3.63, 3.8) is 0 Å². The lowest BCUT2D eigenvalue weighted by Crippen LogP contribution is -2.35. The molecule has 1 aliphatic heterocycles. The number of nitrogens with one attached hydrogen (secondary N) is 2. The lowest BCUT2D eigenvalue weighted by atomic mass is 10.1. The standard InChI is InChI=1S/C27H28FN7O3S/c1-15(30-18-7-8-18)31-19-12-21(34-10-9-33(2)27(34)38)24-32-22(23(36)26(37)35(24)14-19)25-29-13-20(39-25)11-16-3-5-17(28)6-4-16/h3-6,12-15,18,30-31,36H,7-11H2,1-2H3. The van der Waals surface area contributed by atoms with Crippen LogP contribution in [0, 0.1) is 5.82 Å². The second-order valence-corrected chi connectivity index (χ2v) is 11.1. The summed E-state index contributed by atoms with van der Waals surface area (Å²) in [6.45, 7) is 2.97. The third kappa shape index (κ3) is 5.04. The van der Waals surface area contributed by atoms with Crippen molar-refractivity contribution in [2.24, 2.45) is 0 Å². The fourth-order valence-corrected chi connectivity index (χ4v) is 5.64. The molecular weight excluding hydrogens is 521 g/mol. The Morgan fingerprint density at radius 2 is 1.97 bits per heavy atom. The molecule has 4 heterocycles. The number of urea groups is 1. The van der Waals surface area contributed by atoms with Gasteiger partial charge in [0.15, 0.2) is 5.65 Å². The van der Waals surface area contributed by atoms with E-state index >= 15 is 0 Å². The van der Waals surface area contributed by atoms with Gasteiger partial charge < -0.3 is 15.3 Å². The van der Waals surface area contributed by atoms with Crippen LogP contribution in [0.15, 0.2) is 47.5 Å². The Balaban J connectivity index is 1.41. The van der Waals surface area contributed by atoms with Crippen molar-refractivity contribution in [2.75, 3.05) is 30.4 Å². The molecule has 4 aromatic rings. The molecule has 0 bridgehead atoms. The number of aromatic hydroxyl groups is 1. The normalized spacial score (nSPS) is 16.3. The number of rotatable bonds is 8. The van der Waals surface area contributed by atoms with Gasteiger partial charge in [0, 0.05) is 49.9 Å². The Morgan fingerprint density at radius 1 is 1.21 bits per heavy atom. The van der Waals surface area contributed by atoms with Crippen molar-refractivity contribution in [1.82, 2.24) is 24.6 Å². The Labute approximate surface area is 227 Å². The number of carbonyl (C=O) groups is 1. The van der Waals surface area contributed by atoms with Crippen molar-refractivity contribution < 1.29 is 14.3 Å². The zero-order valence-corrected chi connectivity index (χ0v) is 22.3. The highest BCUT2D eigenvalue weighted by Crippen LogP contribution is 2.34. The van der Waals surface area contributed by atoms with E-state index in [1.807, 2.05) is 13.0 Å². The molecule has 0 radical (unpaired) electrons. The van der Waals surface area contributed by atoms with Gasteiger partial charge >= 0.3 is 11.6 Å². The van der Waals surface area contributed by atoms with Crippen LogP contribution in [0.1, 0.15) is 30.2 Å². The number of benzene rings is 1. The van der Waals surface area contributed by atoms with Gasteiger partial charge in [0.25, 0.3) is 0 Å². The highest BCUT2D eigenvalue weighted by atomic mass is 32.1. The highest BCUT2D eigenvalue weighted by Gasteiger charge is 2.30. The number of amides is 2. The first-order valence-electron chi connectivity index (χ1n) is 12.8. The number of nitrogens with zero attached hydrogens (tertiary/aromatic N) is 5. The predicted octanol–water partition coefficient (Wildman–Crippen LogP) is 3.64. The van der Waals surface area contributed by atoms with Gasteiger partial charge in [-0.15, -0.1) is 11.3 Å². The maximum absolute atomic E-state index is 13.4. The smallest absolute Gasteiger partial charge is 0.324 e. The first-order chi connectivity index (χ1) is 18.8. The van der Waals surface area contributed by atoms with Crippen molar-refractivity contribution >= 4 is 34.4 Å². The highest BCUT2D eigenvalue weighted by molar-refractivity contribution is 7.15. The van der Waals surface area contributed by atoms with Crippen LogP contribution in [-0.4, -0.2) is 62.8 Å². The molecule has 1 aliphatic carbocycles. The number of likely N-dealkylation sites (N-methyl/N-ethyl adjacent to an activating group) is 1. The summed E-state index contributed by atoms with van der Waals surface area (Å²) in [6.07, 6.45) is 5.97. The molecular formula is C27H28FN7O3S. The lowest BCUT2D eigenvalue weighted by molar-refractivity contribution is 0.229. The van der Waals surface area contributed by atoms with Crippen LogP contribution in [0.3, 0.4) is 0 Å². The number of anilines is 2. The lowest BCUT2D eigenvalue weighted by Gasteiger charge is -2.22. The Bertz CT molecular complexity index is 1620. The largest absolute Gasteiger partial charge is 0.501 e. The molecule has 202 valence electrons. The van der Waals surface area contributed by atoms with Crippen molar-refractivity contribution in [3.05, 3.63) is 69.3 Å². The molecule has 1 saturated heterocycles. The quantitative estimate of drug-likeness (QED) is 0.288. The fraction of sp³-hybridized carbons (Fsp3) is 0.333. The topological polar surface area (TPSA) is 115 Å². The molecule has 2 amide bonds. The van der Waals surface area contributed by atoms with Gasteiger partial charge in [0.2, 0.25) is 5.75 Å². The number of pyridine rings is 1. The van der Waals surface area contributed by atoms with Crippen molar-refractivity contribution in [2.45, 2.75) is 38.4 Å². The van der Waals surface area contributed by atoms with Crippen LogP contribution >= 0.6 is 11.3 Å². The van der Waals surface area contributed by atoms with Crippen LogP contribution in [0.2, 0.25) is 0 Å². The van der Waals surface area contributed by atoms with E-state index in [1.54, 1.807) is 41.4 Å². The van der Waals surface area contributed by atoms with Crippen LogP contribution < -0.4 is 21.1 Å². The summed E-state index contributed by atoms with van der Waals surface area (Å²) in [4.78, 5) is 39.6. The molecule has 2 fully saturated rings. The van der Waals surface area contributed by atoms with Crippen LogP contribution in [0.4, 0.5) is 20.6 Å². The second-order valence-electron chi connectivity index (χ2n) is 10.0. The minimum Gasteiger partial charge on any atom is -0.501 e. The molecule has 1 unspecified atom stereocenters. The Hall–Kier alpha value is -4.03. The summed E-state index contributed by atoms with van der Waals surface area (Å²) in [5, 5.41) is 18.1. The first kappa shape index (κ1) is 25.3. The average molecular weight is 550 g/mol. The van der Waals surface area contributed by atoms with Crippen molar-refractivity contribution in [3.8, 4) is 16.5 Å². The van der Waals surface area contributed by atoms with E-state index in [1.165, 1.54) is 27.9 Å². The van der Waals surface area contributed by atoms with Gasteiger partial charge in [0.1, 0.15) is 16.5 Å². The molecule has 2 aliphatic rings. The van der Waals surface area contributed by atoms with E-state index in [9.17, 15) is 19.1 Å². The Kier molecular flexibility index (Phi) is 6.43. The van der Waals surface area contributed by atoms with Gasteiger partial charge in [-0.1, -0.05) is 12.1 Å². The van der Waals surface area contributed by atoms with Gasteiger partial charge in [0.05, 0.1) is 17.5 Å². The van der Waals surface area contributed by atoms with Gasteiger partial charge in [-0.05, 0) is 43.5 Å². The van der Waals surface area contributed by atoms with Gasteiger partial charge in [-0.3, -0.25) is 19.4 Å². The third-order valence-electron chi connectivity index (χ3n) is 6.88. The number of aromatic nitrogens is 3. The van der Waals surface area contributed by atoms with Crippen LogP contribution in [-0.2, 0) is 6.42 Å². The van der Waals surface area contributed by atoms with E-state index in [-0.39, 0.29) is 29.4 Å². The van der Waals surface area contributed by atoms with Crippen LogP contribution in [0.25, 0.3) is 16.3 Å². The van der Waals surface area contributed by atoms with E-state index in [0.717, 1.165) is 23.3 Å². The van der Waals surface area contributed by atoms with E-state index in [2.05, 4.69) is 20.6 Å². The summed E-state index contributed by atoms with van der Waals surface area (Å²) in [7, 11) is 1.73. The number of fused-ring (bicyclic) bond motifs is 1. The maximum atomic E-state index is 13.4. The molecule has 6 rings (SSSR count). The number of hydrogen-bond donors (Lipinski definition) is 3. The Morgan fingerprint density at radius 3 is 2.67 bits per heavy atom. The predicted molar refractivity (Wildman–Crippen MR) is 148 cm³/mol. The monoisotopic (exact) mass is 549 g/mol. The molecule has 3 aromatic heterocycles. The zero-order chi connectivity index (χ0) is 27.3. The molecule has 39 heavy (non-hydrogen) atoms. The van der Waals surface area contributed by atoms with E-state index in [0.29, 0.717) is 41.9 Å². The zero-order valence-electron chi connectivity index (χ0n) is 21.5. The van der Waals surface area contributed by atoms with E-state index in [4.69, 9.17) is 0 Å². The molecule has 1 saturated carbocycles. The summed E-state index contributed by atoms with van der Waals surface area (Å²) >= 11 is 1.29. The third-order valence-corrected chi connectivity index (χ3v) is 7.89. The fourth-order valence-electron chi connectivity index (χ4n) is 4.71. The minimum atomic E-state index is -0.655. The number of hydrogen-bond acceptors (Lipinski definition) is 8. The summed E-state index contributed by atoms with van der Waals surface area (Å²) in [6, 6.07) is 8.30.